The first-order chi connectivity index (χ1) is 37.2. The van der Waals surface area contributed by atoms with Gasteiger partial charge in [0.1, 0.15) is 11.2 Å². The molecule has 0 aliphatic rings. The molecule has 346 valence electrons. The van der Waals surface area contributed by atoms with Gasteiger partial charge in [-0.05, 0) is 161 Å². The molecule has 1 aromatic heterocycles. The zero-order valence-corrected chi connectivity index (χ0v) is 40.8. The smallest absolute Gasteiger partial charge is 0.143 e. The van der Waals surface area contributed by atoms with Crippen LogP contribution < -0.4 is 0 Å². The minimum absolute atomic E-state index is 0.914. The van der Waals surface area contributed by atoms with Gasteiger partial charge in [0, 0.05) is 16.2 Å². The Morgan fingerprint density at radius 3 is 1.15 bits per heavy atom. The summed E-state index contributed by atoms with van der Waals surface area (Å²) in [5.74, 6) is 0. The Balaban J connectivity index is 0.860. The predicted octanol–water partition coefficient (Wildman–Crippen LogP) is 21.1. The van der Waals surface area contributed by atoms with Gasteiger partial charge in [-0.25, -0.2) is 0 Å². The molecule has 16 aromatic rings. The summed E-state index contributed by atoms with van der Waals surface area (Å²) >= 11 is 0. The molecule has 1 heteroatoms. The lowest BCUT2D eigenvalue weighted by Gasteiger charge is -2.20. The molecule has 0 radical (unpaired) electrons. The van der Waals surface area contributed by atoms with Gasteiger partial charge in [-0.3, -0.25) is 0 Å². The van der Waals surface area contributed by atoms with E-state index >= 15 is 0 Å². The number of fused-ring (bicyclic) bond motifs is 15. The number of rotatable bonds is 5. The highest BCUT2D eigenvalue weighted by Crippen LogP contribution is 2.49. The van der Waals surface area contributed by atoms with Crippen molar-refractivity contribution in [2.24, 2.45) is 0 Å². The molecule has 1 nitrogen and oxygen atoms in total. The fourth-order valence-corrected chi connectivity index (χ4v) is 13.0. The van der Waals surface area contributed by atoms with E-state index in [2.05, 4.69) is 267 Å². The monoisotopic (exact) mass is 948 g/mol. The van der Waals surface area contributed by atoms with E-state index in [1.165, 1.54) is 136 Å². The second kappa shape index (κ2) is 16.3. The van der Waals surface area contributed by atoms with Crippen LogP contribution in [0, 0.1) is 0 Å². The molecule has 0 aliphatic carbocycles. The molecule has 0 bridgehead atoms. The third-order valence-electron chi connectivity index (χ3n) is 16.2. The van der Waals surface area contributed by atoms with Gasteiger partial charge in [-0.15, -0.1) is 0 Å². The molecule has 0 spiro atoms. The highest BCUT2D eigenvalue weighted by molar-refractivity contribution is 6.33. The lowest BCUT2D eigenvalue weighted by molar-refractivity contribution is 0.673. The van der Waals surface area contributed by atoms with Crippen LogP contribution in [-0.2, 0) is 0 Å². The van der Waals surface area contributed by atoms with Crippen LogP contribution >= 0.6 is 0 Å². The first kappa shape index (κ1) is 41.8. The fourth-order valence-electron chi connectivity index (χ4n) is 13.0. The third kappa shape index (κ3) is 6.25. The van der Waals surface area contributed by atoms with Crippen LogP contribution in [0.4, 0.5) is 0 Å². The highest BCUT2D eigenvalue weighted by Gasteiger charge is 2.22. The van der Waals surface area contributed by atoms with Crippen molar-refractivity contribution in [1.29, 1.82) is 0 Å². The van der Waals surface area contributed by atoms with Gasteiger partial charge in [0.05, 0.1) is 0 Å². The van der Waals surface area contributed by atoms with E-state index in [1.54, 1.807) is 0 Å². The number of hydrogen-bond donors (Lipinski definition) is 0. The van der Waals surface area contributed by atoms with Crippen LogP contribution in [0.3, 0.4) is 0 Å². The molecule has 16 rings (SSSR count). The second-order valence-electron chi connectivity index (χ2n) is 20.1. The Morgan fingerprint density at radius 2 is 0.573 bits per heavy atom. The molecule has 0 amide bonds. The molecule has 0 aliphatic heterocycles. The van der Waals surface area contributed by atoms with Crippen molar-refractivity contribution in [3.8, 4) is 55.6 Å². The van der Waals surface area contributed by atoms with E-state index in [1.807, 2.05) is 0 Å². The standard InChI is InChI=1S/C74H44O/c1-2-21-51-45(17-1)18-16-33-52(51)48-19-15-20-49(43-48)71-60-29-9-5-25-56(60)69(57-26-6-10-30-61(57)71)46-35-37-47(38-36-46)70-58-27-7-11-31-62(58)72(63-32-12-8-28-59(63)70)50-39-40-65-67(44-50)54-23-4-3-22-53(54)64-41-42-66-55-24-13-14-34-68(55)75-74(66)73(64)65/h1-44H. The van der Waals surface area contributed by atoms with Crippen molar-refractivity contribution in [2.75, 3.05) is 0 Å². The van der Waals surface area contributed by atoms with Gasteiger partial charge in [-0.2, -0.15) is 0 Å². The van der Waals surface area contributed by atoms with Crippen molar-refractivity contribution in [1.82, 2.24) is 0 Å². The van der Waals surface area contributed by atoms with Crippen LogP contribution in [0.1, 0.15) is 0 Å². The van der Waals surface area contributed by atoms with Gasteiger partial charge in [0.25, 0.3) is 0 Å². The Morgan fingerprint density at radius 1 is 0.200 bits per heavy atom. The first-order valence-corrected chi connectivity index (χ1v) is 26.0. The maximum Gasteiger partial charge on any atom is 0.143 e. The molecule has 0 fully saturated rings. The van der Waals surface area contributed by atoms with Gasteiger partial charge in [-0.1, -0.05) is 243 Å². The second-order valence-corrected chi connectivity index (χ2v) is 20.1. The summed E-state index contributed by atoms with van der Waals surface area (Å²) in [4.78, 5) is 0. The van der Waals surface area contributed by atoms with Crippen LogP contribution in [0.25, 0.3) is 164 Å². The Bertz CT molecular complexity index is 4930. The molecule has 15 aromatic carbocycles. The van der Waals surface area contributed by atoms with E-state index in [-0.39, 0.29) is 0 Å². The largest absolute Gasteiger partial charge is 0.455 e. The predicted molar refractivity (Wildman–Crippen MR) is 321 cm³/mol. The van der Waals surface area contributed by atoms with Crippen molar-refractivity contribution in [3.05, 3.63) is 267 Å². The first-order valence-electron chi connectivity index (χ1n) is 26.0. The van der Waals surface area contributed by atoms with Gasteiger partial charge < -0.3 is 4.42 Å². The lowest BCUT2D eigenvalue weighted by atomic mass is 9.83. The molecule has 0 saturated carbocycles. The number of benzene rings is 15. The molecule has 0 saturated heterocycles. The quantitative estimate of drug-likeness (QED) is 0.124. The van der Waals surface area contributed by atoms with Crippen molar-refractivity contribution >= 4 is 108 Å². The van der Waals surface area contributed by atoms with Crippen molar-refractivity contribution in [2.45, 2.75) is 0 Å². The number of para-hydroxylation sites is 1. The topological polar surface area (TPSA) is 13.1 Å². The zero-order chi connectivity index (χ0) is 49.1. The van der Waals surface area contributed by atoms with E-state index in [9.17, 15) is 0 Å². The summed E-state index contributed by atoms with van der Waals surface area (Å²) in [6.07, 6.45) is 0. The summed E-state index contributed by atoms with van der Waals surface area (Å²) in [7, 11) is 0. The number of furan rings is 1. The van der Waals surface area contributed by atoms with E-state index < -0.39 is 0 Å². The van der Waals surface area contributed by atoms with Gasteiger partial charge in [0.2, 0.25) is 0 Å². The van der Waals surface area contributed by atoms with Gasteiger partial charge >= 0.3 is 0 Å². The zero-order valence-electron chi connectivity index (χ0n) is 40.8. The van der Waals surface area contributed by atoms with Crippen LogP contribution in [0.2, 0.25) is 0 Å². The maximum atomic E-state index is 6.73. The lowest BCUT2D eigenvalue weighted by Crippen LogP contribution is -1.93. The van der Waals surface area contributed by atoms with Crippen molar-refractivity contribution in [3.63, 3.8) is 0 Å². The Hall–Kier alpha value is -9.82. The normalized spacial score (nSPS) is 12.0. The maximum absolute atomic E-state index is 6.73. The van der Waals surface area contributed by atoms with Crippen LogP contribution in [0.5, 0.6) is 0 Å². The average Bonchev–Trinajstić information content (AvgIpc) is 3.87. The summed E-state index contributed by atoms with van der Waals surface area (Å²) < 4.78 is 6.73. The van der Waals surface area contributed by atoms with E-state index in [0.29, 0.717) is 0 Å². The molecule has 0 unspecified atom stereocenters. The average molecular weight is 949 g/mol. The molecular formula is C74H44O. The minimum atomic E-state index is 0.914. The fraction of sp³-hybridized carbons (Fsp3) is 0. The molecule has 1 heterocycles. The Kier molecular flexibility index (Phi) is 9.10. The summed E-state index contributed by atoms with van der Waals surface area (Å²) in [6, 6.07) is 98.7. The molecule has 75 heavy (non-hydrogen) atoms. The third-order valence-corrected chi connectivity index (χ3v) is 16.2. The number of hydrogen-bond acceptors (Lipinski definition) is 1. The molecular weight excluding hydrogens is 905 g/mol. The summed E-state index contributed by atoms with van der Waals surface area (Å²) in [6.45, 7) is 0. The minimum Gasteiger partial charge on any atom is -0.455 e. The summed E-state index contributed by atoms with van der Waals surface area (Å²) in [5.41, 5.74) is 14.1. The van der Waals surface area contributed by atoms with Crippen LogP contribution in [0.15, 0.2) is 271 Å². The highest BCUT2D eigenvalue weighted by atomic mass is 16.3. The SMILES string of the molecule is c1cc(-c2cccc3ccccc23)cc(-c2c3ccccc3c(-c3ccc(-c4c5ccccc5c(-c5ccc6c(c5)c5ccccc5c5ccc7c8ccccc8oc7c56)c5ccccc45)cc3)c3ccccc23)c1. The Labute approximate surface area is 432 Å². The van der Waals surface area contributed by atoms with Crippen molar-refractivity contribution < 1.29 is 4.42 Å². The van der Waals surface area contributed by atoms with Gasteiger partial charge in [0.15, 0.2) is 0 Å². The van der Waals surface area contributed by atoms with Crippen LogP contribution in [-0.4, -0.2) is 0 Å². The van der Waals surface area contributed by atoms with E-state index in [4.69, 9.17) is 4.42 Å². The summed E-state index contributed by atoms with van der Waals surface area (Å²) in [5, 5.41) is 22.0. The molecule has 0 N–H and O–H groups in total. The van der Waals surface area contributed by atoms with E-state index in [0.717, 1.165) is 27.3 Å². The molecule has 0 atom stereocenters.